The Hall–Kier alpha value is -1.87. The minimum Gasteiger partial charge on any atom is -0.382 e. The Balaban J connectivity index is 1.76. The van der Waals surface area contributed by atoms with Gasteiger partial charge in [-0.25, -0.2) is 9.97 Å². The van der Waals surface area contributed by atoms with E-state index in [-0.39, 0.29) is 0 Å². The largest absolute Gasteiger partial charge is 0.382 e. The average Bonchev–Trinajstić information content (AvgIpc) is 2.81. The zero-order valence-corrected chi connectivity index (χ0v) is 11.7. The molecule has 1 spiro atoms. The molecule has 2 N–H and O–H groups in total. The number of anilines is 2. The predicted molar refractivity (Wildman–Crippen MR) is 75.1 cm³/mol. The van der Waals surface area contributed by atoms with Gasteiger partial charge in [-0.2, -0.15) is 5.26 Å². The van der Waals surface area contributed by atoms with Crippen LogP contribution in [-0.2, 0) is 4.74 Å². The third-order valence-corrected chi connectivity index (χ3v) is 4.40. The number of piperidine rings is 1. The standard InChI is InChI=1S/C14H19N5O/c1-10-6-14(9-20-10)2-4-19(5-3-14)13-11(7-15)17-8-12(16)18-13/h8,10H,2-6,9H2,1H3,(H2,16,18)/t10-/m0/s1. The maximum absolute atomic E-state index is 9.14. The molecule has 1 aromatic heterocycles. The van der Waals surface area contributed by atoms with Crippen LogP contribution in [0, 0.1) is 16.7 Å². The van der Waals surface area contributed by atoms with Crippen molar-refractivity contribution in [1.29, 1.82) is 5.26 Å². The van der Waals surface area contributed by atoms with Gasteiger partial charge in [0.05, 0.1) is 18.9 Å². The Labute approximate surface area is 118 Å². The highest BCUT2D eigenvalue weighted by Gasteiger charge is 2.41. The van der Waals surface area contributed by atoms with Crippen molar-refractivity contribution in [1.82, 2.24) is 9.97 Å². The van der Waals surface area contributed by atoms with Crippen LogP contribution < -0.4 is 10.6 Å². The molecule has 2 aliphatic rings. The summed E-state index contributed by atoms with van der Waals surface area (Å²) < 4.78 is 5.73. The van der Waals surface area contributed by atoms with Gasteiger partial charge in [0, 0.05) is 13.1 Å². The van der Waals surface area contributed by atoms with E-state index in [9.17, 15) is 0 Å². The SMILES string of the molecule is C[C@H]1CC2(CCN(c3nc(N)cnc3C#N)CC2)CO1. The van der Waals surface area contributed by atoms with Crippen LogP contribution >= 0.6 is 0 Å². The van der Waals surface area contributed by atoms with E-state index in [0.717, 1.165) is 39.0 Å². The zero-order valence-electron chi connectivity index (χ0n) is 11.7. The molecule has 0 amide bonds. The maximum Gasteiger partial charge on any atom is 0.183 e. The molecule has 20 heavy (non-hydrogen) atoms. The smallest absolute Gasteiger partial charge is 0.183 e. The predicted octanol–water partition coefficient (Wildman–Crippen LogP) is 1.33. The van der Waals surface area contributed by atoms with E-state index in [1.165, 1.54) is 6.20 Å². The van der Waals surface area contributed by atoms with Crippen LogP contribution in [0.2, 0.25) is 0 Å². The number of nitriles is 1. The van der Waals surface area contributed by atoms with E-state index in [1.807, 2.05) is 0 Å². The average molecular weight is 273 g/mol. The molecule has 1 aromatic rings. The second kappa shape index (κ2) is 4.91. The number of nitrogens with zero attached hydrogens (tertiary/aromatic N) is 4. The molecular formula is C14H19N5O. The van der Waals surface area contributed by atoms with Gasteiger partial charge in [-0.1, -0.05) is 0 Å². The van der Waals surface area contributed by atoms with E-state index in [2.05, 4.69) is 27.9 Å². The molecule has 0 radical (unpaired) electrons. The second-order valence-electron chi connectivity index (χ2n) is 5.89. The molecule has 0 unspecified atom stereocenters. The molecule has 6 nitrogen and oxygen atoms in total. The van der Waals surface area contributed by atoms with Gasteiger partial charge in [-0.3, -0.25) is 0 Å². The van der Waals surface area contributed by atoms with E-state index in [1.54, 1.807) is 0 Å². The number of rotatable bonds is 1. The highest BCUT2D eigenvalue weighted by Crippen LogP contribution is 2.42. The Bertz CT molecular complexity index is 545. The first-order chi connectivity index (χ1) is 9.62. The molecule has 0 aromatic carbocycles. The summed E-state index contributed by atoms with van der Waals surface area (Å²) in [5.41, 5.74) is 6.36. The van der Waals surface area contributed by atoms with E-state index in [4.69, 9.17) is 15.7 Å². The fourth-order valence-electron chi connectivity index (χ4n) is 3.28. The third kappa shape index (κ3) is 2.29. The third-order valence-electron chi connectivity index (χ3n) is 4.40. The molecule has 2 fully saturated rings. The van der Waals surface area contributed by atoms with Gasteiger partial charge < -0.3 is 15.4 Å². The van der Waals surface area contributed by atoms with E-state index < -0.39 is 0 Å². The van der Waals surface area contributed by atoms with E-state index >= 15 is 0 Å². The Morgan fingerprint density at radius 3 is 2.85 bits per heavy atom. The lowest BCUT2D eigenvalue weighted by Crippen LogP contribution is -2.41. The van der Waals surface area contributed by atoms with Gasteiger partial charge in [0.15, 0.2) is 11.5 Å². The number of hydrogen-bond acceptors (Lipinski definition) is 6. The molecule has 3 heterocycles. The summed E-state index contributed by atoms with van der Waals surface area (Å²) in [5, 5.41) is 9.14. The van der Waals surface area contributed by atoms with Crippen LogP contribution in [0.25, 0.3) is 0 Å². The number of ether oxygens (including phenoxy) is 1. The number of nitrogen functional groups attached to an aromatic ring is 1. The van der Waals surface area contributed by atoms with Gasteiger partial charge >= 0.3 is 0 Å². The maximum atomic E-state index is 9.14. The van der Waals surface area contributed by atoms with Gasteiger partial charge in [-0.15, -0.1) is 0 Å². The molecule has 2 saturated heterocycles. The molecule has 106 valence electrons. The number of nitrogens with two attached hydrogens (primary N) is 1. The van der Waals surface area contributed by atoms with Gasteiger partial charge in [0.1, 0.15) is 11.9 Å². The molecule has 0 bridgehead atoms. The molecule has 0 aliphatic carbocycles. The van der Waals surface area contributed by atoms with Crippen LogP contribution in [-0.4, -0.2) is 35.8 Å². The molecular weight excluding hydrogens is 254 g/mol. The first-order valence-electron chi connectivity index (χ1n) is 7.01. The monoisotopic (exact) mass is 273 g/mol. The lowest BCUT2D eigenvalue weighted by atomic mass is 9.77. The lowest BCUT2D eigenvalue weighted by molar-refractivity contribution is 0.0976. The van der Waals surface area contributed by atoms with Crippen molar-refractivity contribution in [3.05, 3.63) is 11.9 Å². The van der Waals surface area contributed by atoms with E-state index in [0.29, 0.717) is 28.8 Å². The van der Waals surface area contributed by atoms with Crippen LogP contribution in [0.1, 0.15) is 31.9 Å². The highest BCUT2D eigenvalue weighted by atomic mass is 16.5. The van der Waals surface area contributed by atoms with Crippen molar-refractivity contribution in [2.24, 2.45) is 5.41 Å². The minimum absolute atomic E-state index is 0.316. The highest BCUT2D eigenvalue weighted by molar-refractivity contribution is 5.53. The summed E-state index contributed by atoms with van der Waals surface area (Å²) in [6.45, 7) is 4.75. The summed E-state index contributed by atoms with van der Waals surface area (Å²) in [7, 11) is 0. The van der Waals surface area contributed by atoms with Gasteiger partial charge in [-0.05, 0) is 31.6 Å². The lowest BCUT2D eigenvalue weighted by Gasteiger charge is -2.39. The topological polar surface area (TPSA) is 88.1 Å². The molecule has 3 rings (SSSR count). The summed E-state index contributed by atoms with van der Waals surface area (Å²) >= 11 is 0. The first-order valence-corrected chi connectivity index (χ1v) is 7.01. The fourth-order valence-corrected chi connectivity index (χ4v) is 3.28. The van der Waals surface area contributed by atoms with Crippen molar-refractivity contribution >= 4 is 11.6 Å². The Morgan fingerprint density at radius 2 is 2.25 bits per heavy atom. The van der Waals surface area contributed by atoms with Crippen molar-refractivity contribution in [2.45, 2.75) is 32.3 Å². The van der Waals surface area contributed by atoms with Crippen molar-refractivity contribution in [3.63, 3.8) is 0 Å². The summed E-state index contributed by atoms with van der Waals surface area (Å²) in [5.74, 6) is 0.978. The second-order valence-corrected chi connectivity index (χ2v) is 5.89. The number of hydrogen-bond donors (Lipinski definition) is 1. The van der Waals surface area contributed by atoms with Crippen LogP contribution in [0.4, 0.5) is 11.6 Å². The van der Waals surface area contributed by atoms with Gasteiger partial charge in [0.25, 0.3) is 0 Å². The van der Waals surface area contributed by atoms with Crippen molar-refractivity contribution < 1.29 is 4.74 Å². The Kier molecular flexibility index (Phi) is 3.22. The zero-order chi connectivity index (χ0) is 14.2. The summed E-state index contributed by atoms with van der Waals surface area (Å²) in [4.78, 5) is 10.5. The van der Waals surface area contributed by atoms with Crippen LogP contribution in [0.15, 0.2) is 6.20 Å². The Morgan fingerprint density at radius 1 is 1.50 bits per heavy atom. The summed E-state index contributed by atoms with van der Waals surface area (Å²) in [6.07, 6.45) is 5.06. The molecule has 2 aliphatic heterocycles. The van der Waals surface area contributed by atoms with Gasteiger partial charge in [0.2, 0.25) is 0 Å². The molecule has 6 heteroatoms. The normalized spacial score (nSPS) is 24.8. The minimum atomic E-state index is 0.316. The first kappa shape index (κ1) is 13.1. The van der Waals surface area contributed by atoms with Crippen molar-refractivity contribution in [3.8, 4) is 6.07 Å². The number of aromatic nitrogens is 2. The fraction of sp³-hybridized carbons (Fsp3) is 0.643. The quantitative estimate of drug-likeness (QED) is 0.830. The van der Waals surface area contributed by atoms with Crippen molar-refractivity contribution in [2.75, 3.05) is 30.3 Å². The van der Waals surface area contributed by atoms with Crippen LogP contribution in [0.5, 0.6) is 0 Å². The molecule has 1 atom stereocenters. The summed E-state index contributed by atoms with van der Waals surface area (Å²) in [6, 6.07) is 2.09. The molecule has 0 saturated carbocycles. The van der Waals surface area contributed by atoms with Crippen LogP contribution in [0.3, 0.4) is 0 Å².